The molecule has 5 heteroatoms. The summed E-state index contributed by atoms with van der Waals surface area (Å²) in [4.78, 5) is 22.1. The summed E-state index contributed by atoms with van der Waals surface area (Å²) < 4.78 is 4.87. The number of carboxylic acid groups (broad SMARTS) is 1. The van der Waals surface area contributed by atoms with E-state index in [9.17, 15) is 9.59 Å². The van der Waals surface area contributed by atoms with E-state index in [4.69, 9.17) is 9.84 Å². The fourth-order valence-corrected chi connectivity index (χ4v) is 1.83. The lowest BCUT2D eigenvalue weighted by Gasteiger charge is -2.14. The Balaban J connectivity index is 2.57. The van der Waals surface area contributed by atoms with Crippen LogP contribution in [0.1, 0.15) is 32.3 Å². The fraction of sp³-hybridized carbons (Fsp3) is 0.467. The normalized spacial score (nSPS) is 11.7. The topological polar surface area (TPSA) is 75.6 Å². The number of anilines is 1. The van der Waals surface area contributed by atoms with Crippen LogP contribution in [0.5, 0.6) is 0 Å². The van der Waals surface area contributed by atoms with Gasteiger partial charge in [-0.3, -0.25) is 9.59 Å². The SMILES string of the molecule is CCOC(=O)CCCc1ccccc1NC(C)C(=O)O. The molecule has 2 N–H and O–H groups in total. The Morgan fingerprint density at radius 3 is 2.70 bits per heavy atom. The van der Waals surface area contributed by atoms with E-state index in [1.54, 1.807) is 13.8 Å². The monoisotopic (exact) mass is 279 g/mol. The molecule has 0 saturated heterocycles. The molecule has 1 rings (SSSR count). The molecule has 0 aliphatic rings. The highest BCUT2D eigenvalue weighted by molar-refractivity contribution is 5.77. The van der Waals surface area contributed by atoms with Crippen molar-refractivity contribution in [3.05, 3.63) is 29.8 Å². The van der Waals surface area contributed by atoms with Crippen molar-refractivity contribution in [3.63, 3.8) is 0 Å². The summed E-state index contributed by atoms with van der Waals surface area (Å²) >= 11 is 0. The van der Waals surface area contributed by atoms with Crippen LogP contribution in [0.2, 0.25) is 0 Å². The molecule has 0 bridgehead atoms. The van der Waals surface area contributed by atoms with Crippen LogP contribution >= 0.6 is 0 Å². The summed E-state index contributed by atoms with van der Waals surface area (Å²) in [6.45, 7) is 3.77. The fourth-order valence-electron chi connectivity index (χ4n) is 1.83. The van der Waals surface area contributed by atoms with Gasteiger partial charge in [-0.1, -0.05) is 18.2 Å². The molecule has 1 aromatic rings. The molecule has 0 aliphatic heterocycles. The zero-order valence-electron chi connectivity index (χ0n) is 11.9. The number of rotatable bonds is 8. The summed E-state index contributed by atoms with van der Waals surface area (Å²) in [5.74, 6) is -1.09. The van der Waals surface area contributed by atoms with Crippen molar-refractivity contribution in [1.29, 1.82) is 0 Å². The van der Waals surface area contributed by atoms with Crippen molar-refractivity contribution in [1.82, 2.24) is 0 Å². The molecule has 110 valence electrons. The number of nitrogens with one attached hydrogen (secondary N) is 1. The first-order valence-corrected chi connectivity index (χ1v) is 6.77. The molecule has 0 amide bonds. The number of para-hydroxylation sites is 1. The third-order valence-electron chi connectivity index (χ3n) is 2.89. The minimum Gasteiger partial charge on any atom is -0.480 e. The van der Waals surface area contributed by atoms with E-state index in [-0.39, 0.29) is 5.97 Å². The van der Waals surface area contributed by atoms with E-state index in [2.05, 4.69) is 5.32 Å². The molecular weight excluding hydrogens is 258 g/mol. The molecule has 5 nitrogen and oxygen atoms in total. The van der Waals surface area contributed by atoms with Crippen LogP contribution < -0.4 is 5.32 Å². The molecule has 0 aromatic heterocycles. The van der Waals surface area contributed by atoms with Gasteiger partial charge in [0.25, 0.3) is 0 Å². The summed E-state index contributed by atoms with van der Waals surface area (Å²) in [5.41, 5.74) is 1.80. The highest BCUT2D eigenvalue weighted by atomic mass is 16.5. The van der Waals surface area contributed by atoms with Crippen LogP contribution in [-0.4, -0.2) is 29.7 Å². The number of aryl methyl sites for hydroxylation is 1. The van der Waals surface area contributed by atoms with E-state index < -0.39 is 12.0 Å². The second-order valence-electron chi connectivity index (χ2n) is 4.52. The van der Waals surface area contributed by atoms with E-state index in [1.807, 2.05) is 24.3 Å². The highest BCUT2D eigenvalue weighted by Crippen LogP contribution is 2.18. The first-order chi connectivity index (χ1) is 9.54. The van der Waals surface area contributed by atoms with Gasteiger partial charge in [0.15, 0.2) is 0 Å². The highest BCUT2D eigenvalue weighted by Gasteiger charge is 2.12. The second-order valence-corrected chi connectivity index (χ2v) is 4.52. The van der Waals surface area contributed by atoms with Crippen LogP contribution in [0, 0.1) is 0 Å². The predicted octanol–water partition coefficient (Wildman–Crippen LogP) is 2.46. The maximum atomic E-state index is 11.3. The van der Waals surface area contributed by atoms with Crippen molar-refractivity contribution in [2.24, 2.45) is 0 Å². The Bertz CT molecular complexity index is 459. The quantitative estimate of drug-likeness (QED) is 0.715. The lowest BCUT2D eigenvalue weighted by atomic mass is 10.1. The van der Waals surface area contributed by atoms with Crippen LogP contribution in [0.3, 0.4) is 0 Å². The molecule has 1 aromatic carbocycles. The largest absolute Gasteiger partial charge is 0.480 e. The van der Waals surface area contributed by atoms with Crippen molar-refractivity contribution < 1.29 is 19.4 Å². The number of hydrogen-bond donors (Lipinski definition) is 2. The van der Waals surface area contributed by atoms with Crippen molar-refractivity contribution in [2.45, 2.75) is 39.2 Å². The molecule has 0 radical (unpaired) electrons. The average Bonchev–Trinajstić information content (AvgIpc) is 2.40. The number of benzene rings is 1. The number of carbonyl (C=O) groups excluding carboxylic acids is 1. The Morgan fingerprint density at radius 1 is 1.35 bits per heavy atom. The number of hydrogen-bond acceptors (Lipinski definition) is 4. The first kappa shape index (κ1) is 16.0. The van der Waals surface area contributed by atoms with Gasteiger partial charge in [0, 0.05) is 12.1 Å². The van der Waals surface area contributed by atoms with Gasteiger partial charge in [-0.05, 0) is 38.3 Å². The lowest BCUT2D eigenvalue weighted by molar-refractivity contribution is -0.143. The minimum absolute atomic E-state index is 0.197. The zero-order valence-corrected chi connectivity index (χ0v) is 11.9. The number of carboxylic acids is 1. The van der Waals surface area contributed by atoms with Crippen LogP contribution in [0.4, 0.5) is 5.69 Å². The minimum atomic E-state index is -0.897. The molecule has 1 atom stereocenters. The standard InChI is InChI=1S/C15H21NO4/c1-3-20-14(17)10-6-8-12-7-4-5-9-13(12)16-11(2)15(18)19/h4-5,7,9,11,16H,3,6,8,10H2,1-2H3,(H,18,19). The molecule has 0 saturated carbocycles. The maximum absolute atomic E-state index is 11.3. The molecule has 0 heterocycles. The Morgan fingerprint density at radius 2 is 2.05 bits per heavy atom. The summed E-state index contributed by atoms with van der Waals surface area (Å²) in [5, 5.41) is 11.9. The Kier molecular flexibility index (Phi) is 6.56. The summed E-state index contributed by atoms with van der Waals surface area (Å²) in [6.07, 6.45) is 1.75. The van der Waals surface area contributed by atoms with Gasteiger partial charge in [-0.25, -0.2) is 0 Å². The van der Waals surface area contributed by atoms with Crippen LogP contribution in [0.25, 0.3) is 0 Å². The van der Waals surface area contributed by atoms with Crippen LogP contribution in [-0.2, 0) is 20.7 Å². The lowest BCUT2D eigenvalue weighted by Crippen LogP contribution is -2.25. The molecular formula is C15H21NO4. The van der Waals surface area contributed by atoms with Gasteiger partial charge < -0.3 is 15.2 Å². The number of esters is 1. The van der Waals surface area contributed by atoms with Crippen molar-refractivity contribution >= 4 is 17.6 Å². The number of carbonyl (C=O) groups is 2. The maximum Gasteiger partial charge on any atom is 0.325 e. The predicted molar refractivity (Wildman–Crippen MR) is 76.7 cm³/mol. The van der Waals surface area contributed by atoms with E-state index in [0.717, 1.165) is 11.3 Å². The van der Waals surface area contributed by atoms with Gasteiger partial charge in [-0.15, -0.1) is 0 Å². The van der Waals surface area contributed by atoms with Gasteiger partial charge in [-0.2, -0.15) is 0 Å². The van der Waals surface area contributed by atoms with Gasteiger partial charge in [0.2, 0.25) is 0 Å². The number of aliphatic carboxylic acids is 1. The van der Waals surface area contributed by atoms with Crippen molar-refractivity contribution in [3.8, 4) is 0 Å². The average molecular weight is 279 g/mol. The van der Waals surface area contributed by atoms with Gasteiger partial charge in [0.1, 0.15) is 6.04 Å². The van der Waals surface area contributed by atoms with E-state index in [0.29, 0.717) is 25.9 Å². The number of ether oxygens (including phenoxy) is 1. The van der Waals surface area contributed by atoms with Crippen LogP contribution in [0.15, 0.2) is 24.3 Å². The third-order valence-corrected chi connectivity index (χ3v) is 2.89. The second kappa shape index (κ2) is 8.19. The summed E-state index contributed by atoms with van der Waals surface area (Å²) in [7, 11) is 0. The zero-order chi connectivity index (χ0) is 15.0. The molecule has 0 fully saturated rings. The Hall–Kier alpha value is -2.04. The summed E-state index contributed by atoms with van der Waals surface area (Å²) in [6, 6.07) is 6.88. The third kappa shape index (κ3) is 5.30. The first-order valence-electron chi connectivity index (χ1n) is 6.77. The smallest absolute Gasteiger partial charge is 0.325 e. The molecule has 20 heavy (non-hydrogen) atoms. The molecule has 0 aliphatic carbocycles. The van der Waals surface area contributed by atoms with Gasteiger partial charge >= 0.3 is 11.9 Å². The molecule has 1 unspecified atom stereocenters. The Labute approximate surface area is 118 Å². The molecule has 0 spiro atoms. The van der Waals surface area contributed by atoms with Crippen molar-refractivity contribution in [2.75, 3.05) is 11.9 Å². The van der Waals surface area contributed by atoms with E-state index in [1.165, 1.54) is 0 Å². The van der Waals surface area contributed by atoms with Gasteiger partial charge in [0.05, 0.1) is 6.61 Å². The van der Waals surface area contributed by atoms with E-state index >= 15 is 0 Å².